The van der Waals surface area contributed by atoms with E-state index in [0.717, 1.165) is 32.1 Å². The molecular formula is C14H24O2S. The average Bonchev–Trinajstić information content (AvgIpc) is 2.80. The summed E-state index contributed by atoms with van der Waals surface area (Å²) in [6.07, 6.45) is 4.58. The molecule has 2 nitrogen and oxygen atoms in total. The van der Waals surface area contributed by atoms with E-state index in [1.807, 2.05) is 0 Å². The first-order valence-electron chi connectivity index (χ1n) is 6.29. The van der Waals surface area contributed by atoms with Gasteiger partial charge >= 0.3 is 0 Å². The van der Waals surface area contributed by atoms with Crippen molar-refractivity contribution in [1.82, 2.24) is 0 Å². The number of rotatable bonds is 8. The Kier molecular flexibility index (Phi) is 6.17. The van der Waals surface area contributed by atoms with Crippen molar-refractivity contribution in [3.63, 3.8) is 0 Å². The summed E-state index contributed by atoms with van der Waals surface area (Å²) in [5.41, 5.74) is -0.116. The van der Waals surface area contributed by atoms with Crippen LogP contribution < -0.4 is 0 Å². The van der Waals surface area contributed by atoms with Crippen LogP contribution in [0.2, 0.25) is 0 Å². The number of methoxy groups -OCH3 is 1. The third kappa shape index (κ3) is 6.20. The number of thiophene rings is 1. The highest BCUT2D eigenvalue weighted by Gasteiger charge is 2.17. The molecule has 0 aliphatic rings. The Balaban J connectivity index is 2.11. The van der Waals surface area contributed by atoms with Crippen LogP contribution in [0, 0.1) is 0 Å². The molecule has 0 bridgehead atoms. The van der Waals surface area contributed by atoms with Crippen LogP contribution in [0.1, 0.15) is 44.4 Å². The molecule has 1 unspecified atom stereocenters. The molecule has 17 heavy (non-hydrogen) atoms. The number of aliphatic hydroxyl groups is 1. The Bertz CT molecular complexity index is 293. The molecule has 0 aliphatic heterocycles. The summed E-state index contributed by atoms with van der Waals surface area (Å²) in [7, 11) is 1.73. The van der Waals surface area contributed by atoms with Crippen molar-refractivity contribution in [3.05, 3.63) is 22.4 Å². The van der Waals surface area contributed by atoms with Crippen molar-refractivity contribution in [2.24, 2.45) is 0 Å². The Hall–Kier alpha value is -0.380. The Morgan fingerprint density at radius 2 is 2.18 bits per heavy atom. The molecule has 3 heteroatoms. The Morgan fingerprint density at radius 3 is 2.76 bits per heavy atom. The van der Waals surface area contributed by atoms with E-state index in [1.165, 1.54) is 4.88 Å². The molecule has 1 heterocycles. The van der Waals surface area contributed by atoms with Crippen LogP contribution in [0.25, 0.3) is 0 Å². The molecule has 1 aromatic rings. The van der Waals surface area contributed by atoms with Gasteiger partial charge in [-0.3, -0.25) is 0 Å². The van der Waals surface area contributed by atoms with Gasteiger partial charge in [0.1, 0.15) is 0 Å². The van der Waals surface area contributed by atoms with Gasteiger partial charge in [0.15, 0.2) is 0 Å². The quantitative estimate of drug-likeness (QED) is 0.769. The number of aliphatic hydroxyl groups excluding tert-OH is 1. The predicted octanol–water partition coefficient (Wildman–Crippen LogP) is 3.64. The molecular weight excluding hydrogens is 232 g/mol. The maximum Gasteiger partial charge on any atom is 0.0623 e. The second kappa shape index (κ2) is 7.14. The summed E-state index contributed by atoms with van der Waals surface area (Å²) in [4.78, 5) is 1.41. The molecule has 1 aromatic heterocycles. The lowest BCUT2D eigenvalue weighted by molar-refractivity contribution is 0.00211. The maximum absolute atomic E-state index is 9.88. The molecule has 0 aromatic carbocycles. The van der Waals surface area contributed by atoms with Gasteiger partial charge in [0.05, 0.1) is 11.7 Å². The first-order chi connectivity index (χ1) is 8.03. The minimum Gasteiger partial charge on any atom is -0.393 e. The molecule has 0 fully saturated rings. The van der Waals surface area contributed by atoms with E-state index in [0.29, 0.717) is 0 Å². The van der Waals surface area contributed by atoms with Crippen molar-refractivity contribution >= 4 is 11.3 Å². The zero-order chi connectivity index (χ0) is 12.7. The summed E-state index contributed by atoms with van der Waals surface area (Å²) in [6.45, 7) is 4.12. The second-order valence-electron chi connectivity index (χ2n) is 5.13. The highest BCUT2D eigenvalue weighted by molar-refractivity contribution is 7.09. The third-order valence-corrected chi connectivity index (χ3v) is 4.11. The largest absolute Gasteiger partial charge is 0.393 e. The van der Waals surface area contributed by atoms with Gasteiger partial charge in [0, 0.05) is 12.0 Å². The highest BCUT2D eigenvalue weighted by Crippen LogP contribution is 2.19. The second-order valence-corrected chi connectivity index (χ2v) is 6.16. The van der Waals surface area contributed by atoms with Crippen LogP contribution in [0.15, 0.2) is 17.5 Å². The van der Waals surface area contributed by atoms with E-state index < -0.39 is 0 Å². The normalized spacial score (nSPS) is 13.9. The summed E-state index contributed by atoms with van der Waals surface area (Å²) in [6, 6.07) is 4.24. The van der Waals surface area contributed by atoms with E-state index in [2.05, 4.69) is 31.4 Å². The van der Waals surface area contributed by atoms with Gasteiger partial charge in [-0.05, 0) is 57.4 Å². The molecule has 0 amide bonds. The van der Waals surface area contributed by atoms with Crippen molar-refractivity contribution in [3.8, 4) is 0 Å². The maximum atomic E-state index is 9.88. The van der Waals surface area contributed by atoms with E-state index in [-0.39, 0.29) is 11.7 Å². The predicted molar refractivity (Wildman–Crippen MR) is 73.6 cm³/mol. The monoisotopic (exact) mass is 256 g/mol. The fourth-order valence-corrected chi connectivity index (χ4v) is 2.48. The van der Waals surface area contributed by atoms with E-state index >= 15 is 0 Å². The zero-order valence-electron chi connectivity index (χ0n) is 11.1. The number of aryl methyl sites for hydroxylation is 1. The Morgan fingerprint density at radius 1 is 1.41 bits per heavy atom. The minimum absolute atomic E-state index is 0.116. The lowest BCUT2D eigenvalue weighted by Gasteiger charge is -2.24. The highest BCUT2D eigenvalue weighted by atomic mass is 32.1. The first kappa shape index (κ1) is 14.7. The standard InChI is InChI=1S/C14H24O2S/c1-14(2,16-3)10-9-12(15)6-4-7-13-8-5-11-17-13/h5,8,11-12,15H,4,6-7,9-10H2,1-3H3. The smallest absolute Gasteiger partial charge is 0.0623 e. The molecule has 0 saturated heterocycles. The molecule has 98 valence electrons. The van der Waals surface area contributed by atoms with E-state index in [4.69, 9.17) is 4.74 Å². The minimum atomic E-state index is -0.190. The molecule has 1 N–H and O–H groups in total. The van der Waals surface area contributed by atoms with Gasteiger partial charge in [-0.1, -0.05) is 6.07 Å². The molecule has 0 radical (unpaired) electrons. The summed E-state index contributed by atoms with van der Waals surface area (Å²) >= 11 is 1.79. The summed E-state index contributed by atoms with van der Waals surface area (Å²) in [5.74, 6) is 0. The van der Waals surface area contributed by atoms with Gasteiger partial charge < -0.3 is 9.84 Å². The van der Waals surface area contributed by atoms with E-state index in [1.54, 1.807) is 18.4 Å². The average molecular weight is 256 g/mol. The van der Waals surface area contributed by atoms with Crippen LogP contribution in [0.5, 0.6) is 0 Å². The molecule has 0 spiro atoms. The topological polar surface area (TPSA) is 29.5 Å². The zero-order valence-corrected chi connectivity index (χ0v) is 11.9. The molecule has 1 rings (SSSR count). The van der Waals surface area contributed by atoms with E-state index in [9.17, 15) is 5.11 Å². The lowest BCUT2D eigenvalue weighted by atomic mass is 9.98. The number of hydrogen-bond acceptors (Lipinski definition) is 3. The lowest BCUT2D eigenvalue weighted by Crippen LogP contribution is -2.24. The fraction of sp³-hybridized carbons (Fsp3) is 0.714. The summed E-state index contributed by atoms with van der Waals surface area (Å²) in [5, 5.41) is 12.0. The Labute approximate surface area is 109 Å². The van der Waals surface area contributed by atoms with Gasteiger partial charge in [-0.25, -0.2) is 0 Å². The van der Waals surface area contributed by atoms with Crippen LogP contribution in [-0.2, 0) is 11.2 Å². The summed E-state index contributed by atoms with van der Waals surface area (Å²) < 4.78 is 5.34. The van der Waals surface area contributed by atoms with Crippen molar-refractivity contribution in [2.45, 2.75) is 57.7 Å². The SMILES string of the molecule is COC(C)(C)CCC(O)CCCc1cccs1. The number of ether oxygens (including phenoxy) is 1. The van der Waals surface area contributed by atoms with Gasteiger partial charge in [0.2, 0.25) is 0 Å². The van der Waals surface area contributed by atoms with Gasteiger partial charge in [-0.15, -0.1) is 11.3 Å². The van der Waals surface area contributed by atoms with Crippen LogP contribution in [0.3, 0.4) is 0 Å². The molecule has 0 saturated carbocycles. The van der Waals surface area contributed by atoms with Crippen LogP contribution in [-0.4, -0.2) is 23.9 Å². The third-order valence-electron chi connectivity index (χ3n) is 3.17. The van der Waals surface area contributed by atoms with Crippen molar-refractivity contribution < 1.29 is 9.84 Å². The first-order valence-corrected chi connectivity index (χ1v) is 7.17. The van der Waals surface area contributed by atoms with Gasteiger partial charge in [0.25, 0.3) is 0 Å². The molecule has 1 atom stereocenters. The van der Waals surface area contributed by atoms with Crippen molar-refractivity contribution in [1.29, 1.82) is 0 Å². The molecule has 0 aliphatic carbocycles. The number of hydrogen-bond donors (Lipinski definition) is 1. The van der Waals surface area contributed by atoms with Crippen molar-refractivity contribution in [2.75, 3.05) is 7.11 Å². The van der Waals surface area contributed by atoms with Crippen LogP contribution in [0.4, 0.5) is 0 Å². The van der Waals surface area contributed by atoms with Gasteiger partial charge in [-0.2, -0.15) is 0 Å². The van der Waals surface area contributed by atoms with Crippen LogP contribution >= 0.6 is 11.3 Å². The fourth-order valence-electron chi connectivity index (χ4n) is 1.73.